The number of carbonyl (C=O) groups is 2. The van der Waals surface area contributed by atoms with Crippen LogP contribution in [0.2, 0.25) is 5.02 Å². The largest absolute Gasteiger partial charge is 0.287 e. The van der Waals surface area contributed by atoms with Crippen molar-refractivity contribution in [2.75, 3.05) is 0 Å². The van der Waals surface area contributed by atoms with E-state index < -0.39 is 5.91 Å². The molecule has 0 saturated carbocycles. The highest BCUT2D eigenvalue weighted by Gasteiger charge is 2.09. The average Bonchev–Trinajstić information content (AvgIpc) is 2.64. The molecule has 0 aliphatic rings. The van der Waals surface area contributed by atoms with E-state index in [1.165, 1.54) is 4.68 Å². The van der Waals surface area contributed by atoms with Gasteiger partial charge in [-0.2, -0.15) is 5.10 Å². The summed E-state index contributed by atoms with van der Waals surface area (Å²) >= 11 is 5.79. The molecule has 0 aliphatic heterocycles. The summed E-state index contributed by atoms with van der Waals surface area (Å²) in [6, 6.07) is 13.7. The molecule has 0 aliphatic carbocycles. The number of rotatable bonds is 4. The maximum atomic E-state index is 12.1. The summed E-state index contributed by atoms with van der Waals surface area (Å²) in [7, 11) is 0. The summed E-state index contributed by atoms with van der Waals surface area (Å²) < 4.78 is 1.40. The molecule has 2 aromatic carbocycles. The summed E-state index contributed by atoms with van der Waals surface area (Å²) in [5, 5.41) is 5.03. The highest BCUT2D eigenvalue weighted by Crippen LogP contribution is 2.10. The number of carbonyl (C=O) groups excluding carboxylic acids is 2. The molecule has 2 N–H and O–H groups in total. The van der Waals surface area contributed by atoms with E-state index >= 15 is 0 Å². The highest BCUT2D eigenvalue weighted by atomic mass is 35.5. The van der Waals surface area contributed by atoms with Crippen molar-refractivity contribution in [3.8, 4) is 0 Å². The number of hydrazine groups is 1. The third-order valence-corrected chi connectivity index (χ3v) is 3.93. The van der Waals surface area contributed by atoms with Crippen LogP contribution in [-0.2, 0) is 22.6 Å². The molecule has 1 heterocycles. The Kier molecular flexibility index (Phi) is 5.28. The van der Waals surface area contributed by atoms with Crippen molar-refractivity contribution in [1.82, 2.24) is 20.6 Å². The van der Waals surface area contributed by atoms with Gasteiger partial charge in [0.25, 0.3) is 5.91 Å². The SMILES string of the molecule is O=C(Cc1ccc(Cl)cc1)NNC(=O)Cn1ncc(=O)c2ccccc21. The number of fused-ring (bicyclic) bond motifs is 1. The molecule has 0 saturated heterocycles. The quantitative estimate of drug-likeness (QED) is 0.680. The number of nitrogens with zero attached hydrogens (tertiary/aromatic N) is 2. The molecule has 26 heavy (non-hydrogen) atoms. The lowest BCUT2D eigenvalue weighted by Gasteiger charge is -2.10. The first-order chi connectivity index (χ1) is 12.5. The fraction of sp³-hybridized carbons (Fsp3) is 0.111. The molecular weight excluding hydrogens is 356 g/mol. The smallest absolute Gasteiger partial charge is 0.260 e. The summed E-state index contributed by atoms with van der Waals surface area (Å²) in [5.41, 5.74) is 5.79. The summed E-state index contributed by atoms with van der Waals surface area (Å²) in [5.74, 6) is -0.825. The molecule has 2 amide bonds. The number of para-hydroxylation sites is 1. The van der Waals surface area contributed by atoms with Crippen LogP contribution in [0.25, 0.3) is 10.9 Å². The van der Waals surface area contributed by atoms with Gasteiger partial charge in [0, 0.05) is 10.4 Å². The van der Waals surface area contributed by atoms with E-state index in [0.717, 1.165) is 11.8 Å². The first kappa shape index (κ1) is 17.6. The third kappa shape index (κ3) is 4.25. The van der Waals surface area contributed by atoms with Gasteiger partial charge in [-0.15, -0.1) is 0 Å². The summed E-state index contributed by atoms with van der Waals surface area (Å²) in [6.45, 7) is -0.137. The van der Waals surface area contributed by atoms with Gasteiger partial charge in [-0.3, -0.25) is 29.9 Å². The van der Waals surface area contributed by atoms with E-state index in [-0.39, 0.29) is 24.3 Å². The standard InChI is InChI=1S/C18H15ClN4O3/c19-13-7-5-12(6-8-13)9-17(25)21-22-18(26)11-23-15-4-2-1-3-14(15)16(24)10-20-23/h1-8,10H,9,11H2,(H,21,25)(H,22,26). The Morgan fingerprint density at radius 2 is 1.69 bits per heavy atom. The van der Waals surface area contributed by atoms with Crippen LogP contribution in [-0.4, -0.2) is 21.6 Å². The normalized spacial score (nSPS) is 10.5. The van der Waals surface area contributed by atoms with Gasteiger partial charge in [-0.05, 0) is 29.8 Å². The van der Waals surface area contributed by atoms with Crippen LogP contribution in [0.5, 0.6) is 0 Å². The predicted molar refractivity (Wildman–Crippen MR) is 97.4 cm³/mol. The molecule has 1 aromatic heterocycles. The van der Waals surface area contributed by atoms with E-state index in [2.05, 4.69) is 16.0 Å². The lowest BCUT2D eigenvalue weighted by molar-refractivity contribution is -0.129. The van der Waals surface area contributed by atoms with Gasteiger partial charge in [0.15, 0.2) is 0 Å². The Morgan fingerprint density at radius 3 is 2.46 bits per heavy atom. The second kappa shape index (κ2) is 7.79. The first-order valence-electron chi connectivity index (χ1n) is 7.80. The number of nitrogens with one attached hydrogen (secondary N) is 2. The van der Waals surface area contributed by atoms with Gasteiger partial charge >= 0.3 is 0 Å². The Labute approximate surface area is 153 Å². The second-order valence-electron chi connectivity index (χ2n) is 5.58. The maximum absolute atomic E-state index is 12.1. The minimum Gasteiger partial charge on any atom is -0.287 e. The van der Waals surface area contributed by atoms with Gasteiger partial charge in [0.1, 0.15) is 6.54 Å². The molecule has 3 rings (SSSR count). The number of amides is 2. The van der Waals surface area contributed by atoms with Crippen molar-refractivity contribution in [1.29, 1.82) is 0 Å². The number of halogens is 1. The Balaban J connectivity index is 1.59. The van der Waals surface area contributed by atoms with Crippen molar-refractivity contribution >= 4 is 34.3 Å². The molecule has 0 spiro atoms. The van der Waals surface area contributed by atoms with Crippen LogP contribution in [0, 0.1) is 0 Å². The Bertz CT molecular complexity index is 1010. The van der Waals surface area contributed by atoms with E-state index in [1.807, 2.05) is 0 Å². The zero-order chi connectivity index (χ0) is 18.5. The predicted octanol–water partition coefficient (Wildman–Crippen LogP) is 1.44. The molecule has 0 bridgehead atoms. The fourth-order valence-corrected chi connectivity index (χ4v) is 2.56. The van der Waals surface area contributed by atoms with Crippen LogP contribution < -0.4 is 16.3 Å². The Hall–Kier alpha value is -3.19. The zero-order valence-corrected chi connectivity index (χ0v) is 14.4. The maximum Gasteiger partial charge on any atom is 0.260 e. The molecule has 132 valence electrons. The van der Waals surface area contributed by atoms with Crippen LogP contribution in [0.1, 0.15) is 5.56 Å². The summed E-state index contributed by atoms with van der Waals surface area (Å²) in [4.78, 5) is 35.7. The molecule has 8 heteroatoms. The molecule has 0 atom stereocenters. The van der Waals surface area contributed by atoms with Crippen molar-refractivity contribution in [3.63, 3.8) is 0 Å². The first-order valence-corrected chi connectivity index (χ1v) is 8.18. The van der Waals surface area contributed by atoms with Crippen LogP contribution in [0.4, 0.5) is 0 Å². The van der Waals surface area contributed by atoms with Crippen LogP contribution in [0.15, 0.2) is 59.5 Å². The molecule has 3 aromatic rings. The fourth-order valence-electron chi connectivity index (χ4n) is 2.43. The van der Waals surface area contributed by atoms with Gasteiger partial charge in [0.05, 0.1) is 18.1 Å². The highest BCUT2D eigenvalue weighted by molar-refractivity contribution is 6.30. The average molecular weight is 371 g/mol. The molecule has 7 nitrogen and oxygen atoms in total. The molecule has 0 fully saturated rings. The summed E-state index contributed by atoms with van der Waals surface area (Å²) in [6.07, 6.45) is 1.27. The minimum atomic E-state index is -0.462. The van der Waals surface area contributed by atoms with Gasteiger partial charge in [-0.1, -0.05) is 35.9 Å². The second-order valence-corrected chi connectivity index (χ2v) is 6.02. The van der Waals surface area contributed by atoms with Gasteiger partial charge in [0.2, 0.25) is 11.3 Å². The topological polar surface area (TPSA) is 93.1 Å². The zero-order valence-electron chi connectivity index (χ0n) is 13.6. The van der Waals surface area contributed by atoms with Crippen molar-refractivity contribution < 1.29 is 9.59 Å². The van der Waals surface area contributed by atoms with E-state index in [9.17, 15) is 14.4 Å². The number of hydrogen-bond acceptors (Lipinski definition) is 4. The Morgan fingerprint density at radius 1 is 1.00 bits per heavy atom. The molecular formula is C18H15ClN4O3. The molecule has 0 unspecified atom stereocenters. The lowest BCUT2D eigenvalue weighted by Crippen LogP contribution is -2.44. The molecule has 0 radical (unpaired) electrons. The van der Waals surface area contributed by atoms with Gasteiger partial charge < -0.3 is 0 Å². The third-order valence-electron chi connectivity index (χ3n) is 3.67. The minimum absolute atomic E-state index is 0.108. The van der Waals surface area contributed by atoms with Crippen molar-refractivity contribution in [3.05, 3.63) is 75.5 Å². The van der Waals surface area contributed by atoms with E-state index in [1.54, 1.807) is 48.5 Å². The van der Waals surface area contributed by atoms with Crippen LogP contribution in [0.3, 0.4) is 0 Å². The number of aromatic nitrogens is 2. The van der Waals surface area contributed by atoms with Gasteiger partial charge in [-0.25, -0.2) is 0 Å². The lowest BCUT2D eigenvalue weighted by atomic mass is 10.1. The van der Waals surface area contributed by atoms with Crippen molar-refractivity contribution in [2.24, 2.45) is 0 Å². The number of hydrogen-bond donors (Lipinski definition) is 2. The van der Waals surface area contributed by atoms with Crippen molar-refractivity contribution in [2.45, 2.75) is 13.0 Å². The van der Waals surface area contributed by atoms with E-state index in [4.69, 9.17) is 11.6 Å². The van der Waals surface area contributed by atoms with Crippen LogP contribution >= 0.6 is 11.6 Å². The number of benzene rings is 2. The monoisotopic (exact) mass is 370 g/mol. The van der Waals surface area contributed by atoms with E-state index in [0.29, 0.717) is 15.9 Å².